The van der Waals surface area contributed by atoms with Gasteiger partial charge in [0.1, 0.15) is 0 Å². The van der Waals surface area contributed by atoms with Crippen LogP contribution in [0.15, 0.2) is 42.5 Å². The summed E-state index contributed by atoms with van der Waals surface area (Å²) < 4.78 is 5.33. The summed E-state index contributed by atoms with van der Waals surface area (Å²) in [4.78, 5) is 0. The Bertz CT molecular complexity index is 481. The lowest BCUT2D eigenvalue weighted by atomic mass is 10.0. The summed E-state index contributed by atoms with van der Waals surface area (Å²) in [6.07, 6.45) is 0.867. The fourth-order valence-corrected chi connectivity index (χ4v) is 1.96. The number of rotatable bonds is 5. The van der Waals surface area contributed by atoms with Crippen molar-refractivity contribution in [1.29, 1.82) is 0 Å². The van der Waals surface area contributed by atoms with E-state index in [-0.39, 0.29) is 6.04 Å². The van der Waals surface area contributed by atoms with Crippen LogP contribution >= 0.6 is 0 Å². The molecular weight excluding hydrogens is 210 g/mol. The fourth-order valence-electron chi connectivity index (χ4n) is 1.96. The summed E-state index contributed by atoms with van der Waals surface area (Å²) in [5.74, 6) is 0. The van der Waals surface area contributed by atoms with Gasteiger partial charge in [0.15, 0.2) is 0 Å². The average molecular weight is 229 g/mol. The van der Waals surface area contributed by atoms with Gasteiger partial charge in [-0.1, -0.05) is 36.4 Å². The topological polar surface area (TPSA) is 35.2 Å². The van der Waals surface area contributed by atoms with E-state index >= 15 is 0 Å². The van der Waals surface area contributed by atoms with E-state index in [1.165, 1.54) is 16.3 Å². The lowest BCUT2D eigenvalue weighted by Gasteiger charge is -2.12. The Hall–Kier alpha value is -1.38. The second kappa shape index (κ2) is 5.80. The molecule has 1 atom stereocenters. The van der Waals surface area contributed by atoms with Crippen molar-refractivity contribution in [3.05, 3.63) is 48.0 Å². The van der Waals surface area contributed by atoms with Gasteiger partial charge in [-0.3, -0.25) is 0 Å². The summed E-state index contributed by atoms with van der Waals surface area (Å²) in [5, 5.41) is 2.50. The van der Waals surface area contributed by atoms with Crippen LogP contribution in [-0.2, 0) is 4.74 Å². The first-order valence-corrected chi connectivity index (χ1v) is 6.13. The highest BCUT2D eigenvalue weighted by atomic mass is 16.5. The summed E-state index contributed by atoms with van der Waals surface area (Å²) in [6.45, 7) is 3.48. The van der Waals surface area contributed by atoms with E-state index in [0.29, 0.717) is 0 Å². The van der Waals surface area contributed by atoms with Crippen LogP contribution < -0.4 is 5.73 Å². The molecule has 0 heterocycles. The molecule has 0 aromatic heterocycles. The molecule has 0 amide bonds. The summed E-state index contributed by atoms with van der Waals surface area (Å²) in [7, 11) is 0. The van der Waals surface area contributed by atoms with Crippen molar-refractivity contribution >= 4 is 10.8 Å². The van der Waals surface area contributed by atoms with Crippen molar-refractivity contribution < 1.29 is 4.74 Å². The maximum atomic E-state index is 6.15. The Morgan fingerprint density at radius 1 is 1.12 bits per heavy atom. The van der Waals surface area contributed by atoms with Crippen molar-refractivity contribution in [3.8, 4) is 0 Å². The molecule has 0 aliphatic carbocycles. The van der Waals surface area contributed by atoms with Crippen LogP contribution in [0.25, 0.3) is 10.8 Å². The van der Waals surface area contributed by atoms with Gasteiger partial charge in [-0.05, 0) is 35.7 Å². The van der Waals surface area contributed by atoms with Gasteiger partial charge >= 0.3 is 0 Å². The summed E-state index contributed by atoms with van der Waals surface area (Å²) in [5.41, 5.74) is 7.33. The van der Waals surface area contributed by atoms with Gasteiger partial charge in [0.25, 0.3) is 0 Å². The van der Waals surface area contributed by atoms with E-state index in [1.54, 1.807) is 0 Å². The number of ether oxygens (including phenoxy) is 1. The molecule has 0 bridgehead atoms. The third kappa shape index (κ3) is 3.05. The molecule has 0 fully saturated rings. The van der Waals surface area contributed by atoms with E-state index in [4.69, 9.17) is 10.5 Å². The number of nitrogens with two attached hydrogens (primary N) is 1. The van der Waals surface area contributed by atoms with Crippen molar-refractivity contribution in [2.75, 3.05) is 13.2 Å². The molecule has 17 heavy (non-hydrogen) atoms. The van der Waals surface area contributed by atoms with E-state index in [9.17, 15) is 0 Å². The first-order chi connectivity index (χ1) is 8.31. The van der Waals surface area contributed by atoms with Crippen LogP contribution in [0.4, 0.5) is 0 Å². The smallest absolute Gasteiger partial charge is 0.0483 e. The molecule has 2 N–H and O–H groups in total. The molecular formula is C15H19NO. The third-order valence-corrected chi connectivity index (χ3v) is 2.98. The van der Waals surface area contributed by atoms with E-state index in [0.717, 1.165) is 19.6 Å². The lowest BCUT2D eigenvalue weighted by molar-refractivity contribution is 0.140. The van der Waals surface area contributed by atoms with Crippen LogP contribution in [0.2, 0.25) is 0 Å². The molecule has 2 nitrogen and oxygen atoms in total. The van der Waals surface area contributed by atoms with Gasteiger partial charge in [0.05, 0.1) is 0 Å². The number of hydrogen-bond acceptors (Lipinski definition) is 2. The maximum Gasteiger partial charge on any atom is 0.0483 e. The number of benzene rings is 2. The fraction of sp³-hybridized carbons (Fsp3) is 0.333. The zero-order chi connectivity index (χ0) is 12.1. The Morgan fingerprint density at radius 2 is 1.88 bits per heavy atom. The monoisotopic (exact) mass is 229 g/mol. The van der Waals surface area contributed by atoms with Crippen LogP contribution in [0.5, 0.6) is 0 Å². The average Bonchev–Trinajstić information content (AvgIpc) is 2.38. The minimum Gasteiger partial charge on any atom is -0.382 e. The first-order valence-electron chi connectivity index (χ1n) is 6.13. The standard InChI is InChI=1S/C15H19NO/c1-2-17-10-9-15(16)14-8-7-12-5-3-4-6-13(12)11-14/h3-8,11,15H,2,9-10,16H2,1H3. The second-order valence-corrected chi connectivity index (χ2v) is 4.20. The zero-order valence-corrected chi connectivity index (χ0v) is 10.2. The minimum absolute atomic E-state index is 0.0613. The normalized spacial score (nSPS) is 12.8. The van der Waals surface area contributed by atoms with Gasteiger partial charge in [0.2, 0.25) is 0 Å². The molecule has 2 rings (SSSR count). The highest BCUT2D eigenvalue weighted by Gasteiger charge is 2.06. The quantitative estimate of drug-likeness (QED) is 0.799. The van der Waals surface area contributed by atoms with Crippen LogP contribution in [0.1, 0.15) is 24.9 Å². The van der Waals surface area contributed by atoms with Gasteiger partial charge in [-0.15, -0.1) is 0 Å². The van der Waals surface area contributed by atoms with Gasteiger partial charge in [-0.25, -0.2) is 0 Å². The minimum atomic E-state index is 0.0613. The van der Waals surface area contributed by atoms with Crippen molar-refractivity contribution in [1.82, 2.24) is 0 Å². The zero-order valence-electron chi connectivity index (χ0n) is 10.2. The SMILES string of the molecule is CCOCCC(N)c1ccc2ccccc2c1. The number of hydrogen-bond donors (Lipinski definition) is 1. The summed E-state index contributed by atoms with van der Waals surface area (Å²) >= 11 is 0. The summed E-state index contributed by atoms with van der Waals surface area (Å²) in [6, 6.07) is 14.8. The van der Waals surface area contributed by atoms with Crippen LogP contribution in [-0.4, -0.2) is 13.2 Å². The van der Waals surface area contributed by atoms with E-state index in [2.05, 4.69) is 42.5 Å². The Balaban J connectivity index is 2.12. The molecule has 2 heteroatoms. The first kappa shape index (κ1) is 12.1. The van der Waals surface area contributed by atoms with E-state index < -0.39 is 0 Å². The molecule has 90 valence electrons. The van der Waals surface area contributed by atoms with E-state index in [1.807, 2.05) is 6.92 Å². The molecule has 0 aliphatic rings. The predicted octanol–water partition coefficient (Wildman–Crippen LogP) is 3.27. The third-order valence-electron chi connectivity index (χ3n) is 2.98. The molecule has 0 saturated heterocycles. The van der Waals surface area contributed by atoms with Gasteiger partial charge in [-0.2, -0.15) is 0 Å². The maximum absolute atomic E-state index is 6.15. The van der Waals surface area contributed by atoms with Crippen molar-refractivity contribution in [2.45, 2.75) is 19.4 Å². The molecule has 0 spiro atoms. The van der Waals surface area contributed by atoms with Gasteiger partial charge in [0, 0.05) is 19.3 Å². The second-order valence-electron chi connectivity index (χ2n) is 4.20. The molecule has 1 unspecified atom stereocenters. The lowest BCUT2D eigenvalue weighted by Crippen LogP contribution is -2.13. The van der Waals surface area contributed by atoms with Crippen LogP contribution in [0.3, 0.4) is 0 Å². The van der Waals surface area contributed by atoms with Crippen molar-refractivity contribution in [3.63, 3.8) is 0 Å². The highest BCUT2D eigenvalue weighted by molar-refractivity contribution is 5.83. The van der Waals surface area contributed by atoms with Crippen LogP contribution in [0, 0.1) is 0 Å². The molecule has 0 aliphatic heterocycles. The predicted molar refractivity (Wildman–Crippen MR) is 72.0 cm³/mol. The number of fused-ring (bicyclic) bond motifs is 1. The highest BCUT2D eigenvalue weighted by Crippen LogP contribution is 2.20. The molecule has 2 aromatic rings. The molecule has 2 aromatic carbocycles. The molecule has 0 saturated carbocycles. The van der Waals surface area contributed by atoms with Gasteiger partial charge < -0.3 is 10.5 Å². The molecule has 0 radical (unpaired) electrons. The Labute approximate surface area is 102 Å². The Morgan fingerprint density at radius 3 is 2.65 bits per heavy atom. The largest absolute Gasteiger partial charge is 0.382 e. The Kier molecular flexibility index (Phi) is 4.13. The van der Waals surface area contributed by atoms with Crippen molar-refractivity contribution in [2.24, 2.45) is 5.73 Å².